The molecule has 29 heavy (non-hydrogen) atoms. The highest BCUT2D eigenvalue weighted by Crippen LogP contribution is 2.39. The monoisotopic (exact) mass is 409 g/mol. The molecule has 0 unspecified atom stereocenters. The van der Waals surface area contributed by atoms with Crippen LogP contribution in [0.2, 0.25) is 0 Å². The number of hydrogen-bond donors (Lipinski definition) is 0. The van der Waals surface area contributed by atoms with E-state index in [0.29, 0.717) is 23.4 Å². The number of hydrogen-bond acceptors (Lipinski definition) is 4. The number of imide groups is 1. The van der Waals surface area contributed by atoms with Gasteiger partial charge in [-0.05, 0) is 49.1 Å². The summed E-state index contributed by atoms with van der Waals surface area (Å²) in [5.74, 6) is 0.410. The Hall–Kier alpha value is -2.53. The summed E-state index contributed by atoms with van der Waals surface area (Å²) in [5, 5.41) is 0.212. The Balaban J connectivity index is 1.88. The molecule has 0 aliphatic carbocycles. The lowest BCUT2D eigenvalue weighted by Crippen LogP contribution is -2.33. The van der Waals surface area contributed by atoms with Gasteiger partial charge in [-0.1, -0.05) is 49.7 Å². The maximum absolute atomic E-state index is 13.3. The van der Waals surface area contributed by atoms with Gasteiger partial charge in [0.05, 0.1) is 17.6 Å². The second kappa shape index (κ2) is 8.87. The number of methoxy groups -OCH3 is 1. The van der Waals surface area contributed by atoms with Crippen LogP contribution in [0.25, 0.3) is 5.57 Å². The molecule has 1 heterocycles. The quantitative estimate of drug-likeness (QED) is 0.618. The lowest BCUT2D eigenvalue weighted by molar-refractivity contribution is -0.136. The lowest BCUT2D eigenvalue weighted by atomic mass is 9.99. The molecule has 3 rings (SSSR count). The molecule has 0 bridgehead atoms. The molecule has 2 amide bonds. The SMILES string of the molecule is COc1ccc(CCN2C(=O)C(SC(C)C)=C(c3ccc(C)cc3C)C2=O)cc1. The van der Waals surface area contributed by atoms with Crippen LogP contribution in [0, 0.1) is 13.8 Å². The summed E-state index contributed by atoms with van der Waals surface area (Å²) >= 11 is 1.47. The fourth-order valence-electron chi connectivity index (χ4n) is 3.47. The summed E-state index contributed by atoms with van der Waals surface area (Å²) in [7, 11) is 1.63. The fraction of sp³-hybridized carbons (Fsp3) is 0.333. The van der Waals surface area contributed by atoms with Crippen LogP contribution in [0.4, 0.5) is 0 Å². The zero-order valence-corrected chi connectivity index (χ0v) is 18.4. The smallest absolute Gasteiger partial charge is 0.268 e. The highest BCUT2D eigenvalue weighted by atomic mass is 32.2. The van der Waals surface area contributed by atoms with Crippen molar-refractivity contribution >= 4 is 29.1 Å². The minimum Gasteiger partial charge on any atom is -0.497 e. The molecule has 0 saturated carbocycles. The average molecular weight is 410 g/mol. The van der Waals surface area contributed by atoms with Crippen LogP contribution in [-0.4, -0.2) is 35.6 Å². The van der Waals surface area contributed by atoms with E-state index in [1.165, 1.54) is 16.7 Å². The zero-order valence-electron chi connectivity index (χ0n) is 17.6. The number of ether oxygens (including phenoxy) is 1. The number of amides is 2. The molecule has 0 saturated heterocycles. The van der Waals surface area contributed by atoms with Gasteiger partial charge >= 0.3 is 0 Å². The van der Waals surface area contributed by atoms with E-state index >= 15 is 0 Å². The molecule has 0 fully saturated rings. The number of nitrogens with zero attached hydrogens (tertiary/aromatic N) is 1. The van der Waals surface area contributed by atoms with E-state index in [-0.39, 0.29) is 17.1 Å². The van der Waals surface area contributed by atoms with Gasteiger partial charge in [-0.3, -0.25) is 14.5 Å². The van der Waals surface area contributed by atoms with Gasteiger partial charge in [0.25, 0.3) is 11.8 Å². The Morgan fingerprint density at radius 2 is 1.69 bits per heavy atom. The van der Waals surface area contributed by atoms with Crippen molar-refractivity contribution < 1.29 is 14.3 Å². The van der Waals surface area contributed by atoms with Gasteiger partial charge in [0.1, 0.15) is 5.75 Å². The third-order valence-corrected chi connectivity index (χ3v) is 6.00. The van der Waals surface area contributed by atoms with Gasteiger partial charge in [0.15, 0.2) is 0 Å². The largest absolute Gasteiger partial charge is 0.497 e. The van der Waals surface area contributed by atoms with E-state index in [9.17, 15) is 9.59 Å². The molecular formula is C24H27NO3S. The van der Waals surface area contributed by atoms with Crippen molar-refractivity contribution in [1.29, 1.82) is 0 Å². The predicted octanol–water partition coefficient (Wildman–Crippen LogP) is 4.78. The number of aryl methyl sites for hydroxylation is 2. The van der Waals surface area contributed by atoms with E-state index in [4.69, 9.17) is 4.74 Å². The first kappa shape index (κ1) is 21.2. The van der Waals surface area contributed by atoms with Crippen LogP contribution < -0.4 is 4.74 Å². The second-order valence-electron chi connectivity index (χ2n) is 7.55. The molecular weight excluding hydrogens is 382 g/mol. The van der Waals surface area contributed by atoms with Crippen molar-refractivity contribution in [1.82, 2.24) is 4.90 Å². The van der Waals surface area contributed by atoms with Gasteiger partial charge in [0.2, 0.25) is 0 Å². The van der Waals surface area contributed by atoms with E-state index in [1.807, 2.05) is 64.1 Å². The standard InChI is InChI=1S/C24H27NO3S/c1-15(2)29-22-21(20-11-6-16(3)14-17(20)4)23(26)25(24(22)27)13-12-18-7-9-19(28-5)10-8-18/h6-11,14-15H,12-13H2,1-5H3. The first-order valence-corrected chi connectivity index (χ1v) is 10.7. The van der Waals surface area contributed by atoms with Gasteiger partial charge in [-0.25, -0.2) is 0 Å². The molecule has 2 aromatic carbocycles. The van der Waals surface area contributed by atoms with Gasteiger partial charge in [-0.2, -0.15) is 0 Å². The van der Waals surface area contributed by atoms with Gasteiger partial charge in [-0.15, -0.1) is 11.8 Å². The van der Waals surface area contributed by atoms with Crippen LogP contribution in [0.3, 0.4) is 0 Å². The summed E-state index contributed by atoms with van der Waals surface area (Å²) in [6.45, 7) is 8.45. The van der Waals surface area contributed by atoms with Crippen molar-refractivity contribution in [3.8, 4) is 5.75 Å². The summed E-state index contributed by atoms with van der Waals surface area (Å²) in [6.07, 6.45) is 0.612. The molecule has 4 nitrogen and oxygen atoms in total. The molecule has 0 atom stereocenters. The molecule has 1 aliphatic heterocycles. The summed E-state index contributed by atoms with van der Waals surface area (Å²) < 4.78 is 5.19. The van der Waals surface area contributed by atoms with E-state index < -0.39 is 0 Å². The first-order valence-electron chi connectivity index (χ1n) is 9.79. The fourth-order valence-corrected chi connectivity index (χ4v) is 4.46. The van der Waals surface area contributed by atoms with Crippen LogP contribution in [0.1, 0.15) is 36.1 Å². The zero-order chi connectivity index (χ0) is 21.1. The number of carbonyl (C=O) groups is 2. The summed E-state index contributed by atoms with van der Waals surface area (Å²) in [4.78, 5) is 28.4. The van der Waals surface area contributed by atoms with Crippen molar-refractivity contribution in [2.45, 2.75) is 39.4 Å². The lowest BCUT2D eigenvalue weighted by Gasteiger charge is -2.16. The van der Waals surface area contributed by atoms with Crippen molar-refractivity contribution in [3.63, 3.8) is 0 Å². The van der Waals surface area contributed by atoms with Crippen LogP contribution in [-0.2, 0) is 16.0 Å². The summed E-state index contributed by atoms with van der Waals surface area (Å²) in [6, 6.07) is 13.7. The topological polar surface area (TPSA) is 46.6 Å². The van der Waals surface area contributed by atoms with Crippen molar-refractivity contribution in [3.05, 3.63) is 69.6 Å². The Kier molecular flexibility index (Phi) is 6.48. The molecule has 1 aliphatic rings. The predicted molar refractivity (Wildman–Crippen MR) is 119 cm³/mol. The number of benzene rings is 2. The minimum absolute atomic E-state index is 0.183. The van der Waals surface area contributed by atoms with Crippen molar-refractivity contribution in [2.24, 2.45) is 0 Å². The minimum atomic E-state index is -0.196. The van der Waals surface area contributed by atoms with Crippen LogP contribution >= 0.6 is 11.8 Å². The molecule has 152 valence electrons. The normalized spacial score (nSPS) is 14.3. The van der Waals surface area contributed by atoms with Crippen molar-refractivity contribution in [2.75, 3.05) is 13.7 Å². The first-order chi connectivity index (χ1) is 13.8. The third-order valence-electron chi connectivity index (χ3n) is 4.91. The summed E-state index contributed by atoms with van der Waals surface area (Å²) in [5.41, 5.74) is 4.60. The van der Waals surface area contributed by atoms with Gasteiger partial charge in [0, 0.05) is 11.8 Å². The highest BCUT2D eigenvalue weighted by molar-refractivity contribution is 8.04. The maximum Gasteiger partial charge on any atom is 0.268 e. The van der Waals surface area contributed by atoms with Gasteiger partial charge < -0.3 is 4.74 Å². The number of thioether (sulfide) groups is 1. The number of carbonyl (C=O) groups excluding carboxylic acids is 2. The molecule has 0 spiro atoms. The molecule has 0 aromatic heterocycles. The Labute approximate surface area is 176 Å². The number of rotatable bonds is 7. The molecule has 0 N–H and O–H groups in total. The van der Waals surface area contributed by atoms with Crippen LogP contribution in [0.15, 0.2) is 47.4 Å². The molecule has 0 radical (unpaired) electrons. The second-order valence-corrected chi connectivity index (χ2v) is 9.14. The van der Waals surface area contributed by atoms with E-state index in [2.05, 4.69) is 6.07 Å². The Bertz CT molecular complexity index is 961. The molecule has 2 aromatic rings. The molecule has 5 heteroatoms. The Morgan fingerprint density at radius 1 is 1.00 bits per heavy atom. The Morgan fingerprint density at radius 3 is 2.28 bits per heavy atom. The highest BCUT2D eigenvalue weighted by Gasteiger charge is 2.39. The van der Waals surface area contributed by atoms with E-state index in [0.717, 1.165) is 28.0 Å². The average Bonchev–Trinajstić information content (AvgIpc) is 2.90. The third kappa shape index (κ3) is 4.56. The van der Waals surface area contributed by atoms with Crippen LogP contribution in [0.5, 0.6) is 5.75 Å². The van der Waals surface area contributed by atoms with E-state index in [1.54, 1.807) is 7.11 Å². The maximum atomic E-state index is 13.3.